The highest BCUT2D eigenvalue weighted by atomic mass is 16.5. The van der Waals surface area contributed by atoms with E-state index in [1.807, 2.05) is 6.08 Å². The first kappa shape index (κ1) is 30.6. The largest absolute Gasteiger partial charge is 0.384 e. The molecule has 0 amide bonds. The van der Waals surface area contributed by atoms with Crippen molar-refractivity contribution in [3.8, 4) is 0 Å². The molecule has 0 heterocycles. The van der Waals surface area contributed by atoms with Crippen LogP contribution in [-0.2, 0) is 4.74 Å². The van der Waals surface area contributed by atoms with Gasteiger partial charge in [-0.05, 0) is 71.0 Å². The first-order valence-corrected chi connectivity index (χ1v) is 12.2. The molecule has 0 aliphatic carbocycles. The topological polar surface area (TPSA) is 9.23 Å². The van der Waals surface area contributed by atoms with E-state index in [2.05, 4.69) is 92.3 Å². The van der Waals surface area contributed by atoms with Gasteiger partial charge in [-0.15, -0.1) is 0 Å². The quantitative estimate of drug-likeness (QED) is 0.201. The van der Waals surface area contributed by atoms with Crippen LogP contribution in [0.1, 0.15) is 66.7 Å². The number of allylic oxidation sites excluding steroid dienone is 11. The number of hydrogen-bond acceptors (Lipinski definition) is 1. The minimum absolute atomic E-state index is 0.464. The molecule has 33 heavy (non-hydrogen) atoms. The van der Waals surface area contributed by atoms with Gasteiger partial charge in [-0.1, -0.05) is 116 Å². The molecular formula is C32H48O. The maximum atomic E-state index is 5.26. The second kappa shape index (κ2) is 16.3. The van der Waals surface area contributed by atoms with Crippen LogP contribution < -0.4 is 0 Å². The summed E-state index contributed by atoms with van der Waals surface area (Å²) in [5.41, 5.74) is 8.07. The summed E-state index contributed by atoms with van der Waals surface area (Å²) in [6, 6.07) is 0. The third-order valence-corrected chi connectivity index (χ3v) is 6.03. The number of hydrogen-bond donors (Lipinski definition) is 0. The van der Waals surface area contributed by atoms with Crippen LogP contribution in [0.25, 0.3) is 0 Å². The van der Waals surface area contributed by atoms with Crippen LogP contribution in [0.4, 0.5) is 0 Å². The summed E-state index contributed by atoms with van der Waals surface area (Å²) >= 11 is 0. The first-order valence-electron chi connectivity index (χ1n) is 12.2. The Kier molecular flexibility index (Phi) is 15.1. The first-order chi connectivity index (χ1) is 15.5. The Morgan fingerprint density at radius 3 is 1.88 bits per heavy atom. The fraction of sp³-hybridized carbons (Fsp3) is 0.438. The molecular weight excluding hydrogens is 400 g/mol. The van der Waals surface area contributed by atoms with E-state index in [-0.39, 0.29) is 0 Å². The van der Waals surface area contributed by atoms with Gasteiger partial charge in [-0.2, -0.15) is 0 Å². The Morgan fingerprint density at radius 2 is 1.36 bits per heavy atom. The van der Waals surface area contributed by atoms with Crippen molar-refractivity contribution < 1.29 is 4.74 Å². The summed E-state index contributed by atoms with van der Waals surface area (Å²) in [5, 5.41) is 0. The molecule has 0 radical (unpaired) electrons. The van der Waals surface area contributed by atoms with E-state index in [4.69, 9.17) is 4.74 Å². The summed E-state index contributed by atoms with van der Waals surface area (Å²) in [5.74, 6) is 1.18. The van der Waals surface area contributed by atoms with Crippen molar-refractivity contribution >= 4 is 0 Å². The lowest BCUT2D eigenvalue weighted by Crippen LogP contribution is -1.99. The predicted molar refractivity (Wildman–Crippen MR) is 150 cm³/mol. The second-order valence-electron chi connectivity index (χ2n) is 9.23. The van der Waals surface area contributed by atoms with E-state index >= 15 is 0 Å². The maximum absolute atomic E-state index is 5.26. The Hall–Kier alpha value is -2.38. The van der Waals surface area contributed by atoms with Gasteiger partial charge in [0.25, 0.3) is 0 Å². The fourth-order valence-corrected chi connectivity index (χ4v) is 3.25. The summed E-state index contributed by atoms with van der Waals surface area (Å²) in [6.07, 6.45) is 13.2. The molecule has 0 N–H and O–H groups in total. The van der Waals surface area contributed by atoms with E-state index < -0.39 is 0 Å². The fourth-order valence-electron chi connectivity index (χ4n) is 3.25. The lowest BCUT2D eigenvalue weighted by molar-refractivity contribution is 0.202. The smallest absolute Gasteiger partial charge is 0.0502 e. The molecule has 0 saturated carbocycles. The summed E-state index contributed by atoms with van der Waals surface area (Å²) in [6.45, 7) is 37.1. The van der Waals surface area contributed by atoms with Gasteiger partial charge in [-0.25, -0.2) is 0 Å². The Balaban J connectivity index is 5.37. The van der Waals surface area contributed by atoms with Gasteiger partial charge < -0.3 is 4.74 Å². The average molecular weight is 449 g/mol. The Labute approximate surface area is 205 Å². The SMILES string of the molecule is C=C(/C=C\C(=C)C(C)CCC(C)C)C(=C)/C=C(/CC)C(=C)C(=C)/C=C(/CCOC)C(=C)CC. The van der Waals surface area contributed by atoms with Gasteiger partial charge in [0, 0.05) is 7.11 Å². The van der Waals surface area contributed by atoms with Crippen LogP contribution in [0, 0.1) is 11.8 Å². The highest BCUT2D eigenvalue weighted by Crippen LogP contribution is 2.27. The second-order valence-corrected chi connectivity index (χ2v) is 9.23. The van der Waals surface area contributed by atoms with Crippen LogP contribution in [0.5, 0.6) is 0 Å². The molecule has 1 atom stereocenters. The van der Waals surface area contributed by atoms with Gasteiger partial charge in [0.2, 0.25) is 0 Å². The molecule has 0 aliphatic rings. The van der Waals surface area contributed by atoms with Crippen molar-refractivity contribution in [2.45, 2.75) is 66.7 Å². The molecule has 1 unspecified atom stereocenters. The van der Waals surface area contributed by atoms with Gasteiger partial charge in [0.1, 0.15) is 0 Å². The van der Waals surface area contributed by atoms with E-state index in [0.29, 0.717) is 18.4 Å². The zero-order valence-electron chi connectivity index (χ0n) is 22.4. The zero-order valence-corrected chi connectivity index (χ0v) is 22.4. The summed E-state index contributed by atoms with van der Waals surface area (Å²) in [7, 11) is 1.71. The van der Waals surface area contributed by atoms with Crippen molar-refractivity contribution in [1.82, 2.24) is 0 Å². The molecule has 0 aliphatic heterocycles. The molecule has 0 spiro atoms. The number of ether oxygens (including phenoxy) is 1. The van der Waals surface area contributed by atoms with Crippen molar-refractivity contribution in [1.29, 1.82) is 0 Å². The van der Waals surface area contributed by atoms with Gasteiger partial charge in [-0.3, -0.25) is 0 Å². The molecule has 1 nitrogen and oxygen atoms in total. The molecule has 1 heteroatoms. The van der Waals surface area contributed by atoms with Gasteiger partial charge in [0.15, 0.2) is 0 Å². The average Bonchev–Trinajstić information content (AvgIpc) is 2.79. The molecule has 0 aromatic rings. The van der Waals surface area contributed by atoms with Crippen LogP contribution in [0.2, 0.25) is 0 Å². The van der Waals surface area contributed by atoms with Crippen molar-refractivity contribution in [3.05, 3.63) is 108 Å². The predicted octanol–water partition coefficient (Wildman–Crippen LogP) is 9.66. The number of methoxy groups -OCH3 is 1. The normalized spacial score (nSPS) is 13.3. The molecule has 0 aromatic carbocycles. The van der Waals surface area contributed by atoms with E-state index in [1.165, 1.54) is 6.42 Å². The highest BCUT2D eigenvalue weighted by Gasteiger charge is 2.09. The molecule has 0 rings (SSSR count). The maximum Gasteiger partial charge on any atom is 0.0502 e. The minimum atomic E-state index is 0.464. The van der Waals surface area contributed by atoms with Crippen LogP contribution in [-0.4, -0.2) is 13.7 Å². The molecule has 0 saturated heterocycles. The van der Waals surface area contributed by atoms with Gasteiger partial charge in [0.05, 0.1) is 6.61 Å². The molecule has 0 aromatic heterocycles. The molecule has 0 fully saturated rings. The lowest BCUT2D eigenvalue weighted by Gasteiger charge is -2.15. The van der Waals surface area contributed by atoms with Crippen LogP contribution in [0.3, 0.4) is 0 Å². The number of rotatable bonds is 17. The molecule has 0 bridgehead atoms. The summed E-state index contributed by atoms with van der Waals surface area (Å²) < 4.78 is 5.26. The van der Waals surface area contributed by atoms with E-state index in [0.717, 1.165) is 70.3 Å². The van der Waals surface area contributed by atoms with Crippen molar-refractivity contribution in [3.63, 3.8) is 0 Å². The summed E-state index contributed by atoms with van der Waals surface area (Å²) in [4.78, 5) is 0. The van der Waals surface area contributed by atoms with E-state index in [9.17, 15) is 0 Å². The van der Waals surface area contributed by atoms with Gasteiger partial charge >= 0.3 is 0 Å². The third-order valence-electron chi connectivity index (χ3n) is 6.03. The van der Waals surface area contributed by atoms with E-state index in [1.54, 1.807) is 7.11 Å². The molecule has 182 valence electrons. The Bertz CT molecular complexity index is 823. The standard InChI is InChI=1S/C32H48O/c1-13-24(5)32(19-20-33-12)22-29(10)30(11)31(14-2)21-28(9)27(8)18-17-26(7)25(6)16-15-23(3)4/h17-18,21-23,25H,5,7-11,13-16,19-20H2,1-4,6,12H3/b18-17-,31-21-,32-22-. The zero-order chi connectivity index (χ0) is 25.6. The monoisotopic (exact) mass is 448 g/mol. The highest BCUT2D eigenvalue weighted by molar-refractivity contribution is 5.55. The third kappa shape index (κ3) is 11.9. The minimum Gasteiger partial charge on any atom is -0.384 e. The van der Waals surface area contributed by atoms with Crippen molar-refractivity contribution in [2.24, 2.45) is 11.8 Å². The van der Waals surface area contributed by atoms with Crippen LogP contribution >= 0.6 is 0 Å². The Morgan fingerprint density at radius 1 is 0.758 bits per heavy atom. The lowest BCUT2D eigenvalue weighted by atomic mass is 9.91. The van der Waals surface area contributed by atoms with Crippen molar-refractivity contribution in [2.75, 3.05) is 13.7 Å². The van der Waals surface area contributed by atoms with Crippen LogP contribution in [0.15, 0.2) is 108 Å².